The van der Waals surface area contributed by atoms with Gasteiger partial charge in [-0.2, -0.15) is 0 Å². The zero-order valence-corrected chi connectivity index (χ0v) is 15.1. The number of carbonyl (C=O) groups excluding carboxylic acids is 1. The zero-order chi connectivity index (χ0) is 18.6. The van der Waals surface area contributed by atoms with Crippen LogP contribution in [0.5, 0.6) is 0 Å². The highest BCUT2D eigenvalue weighted by Crippen LogP contribution is 2.18. The Hall–Kier alpha value is -2.75. The van der Waals surface area contributed by atoms with E-state index in [4.69, 9.17) is 0 Å². The SMILES string of the molecule is CC(C)(CCCc1ccccc1)NC(=O)c1cnc2c(F)cccc2c1. The highest BCUT2D eigenvalue weighted by atomic mass is 19.1. The molecule has 1 aromatic heterocycles. The van der Waals surface area contributed by atoms with E-state index < -0.39 is 0 Å². The molecule has 0 fully saturated rings. The second-order valence-electron chi connectivity index (χ2n) is 7.21. The van der Waals surface area contributed by atoms with E-state index in [0.29, 0.717) is 10.9 Å². The Labute approximate surface area is 153 Å². The fourth-order valence-corrected chi connectivity index (χ4v) is 3.07. The molecule has 3 rings (SSSR count). The van der Waals surface area contributed by atoms with Crippen molar-refractivity contribution >= 4 is 16.8 Å². The maximum absolute atomic E-state index is 13.7. The van der Waals surface area contributed by atoms with Crippen molar-refractivity contribution < 1.29 is 9.18 Å². The maximum Gasteiger partial charge on any atom is 0.253 e. The summed E-state index contributed by atoms with van der Waals surface area (Å²) in [5, 5.41) is 3.69. The van der Waals surface area contributed by atoms with Crippen LogP contribution in [0, 0.1) is 5.82 Å². The van der Waals surface area contributed by atoms with Crippen molar-refractivity contribution in [3.63, 3.8) is 0 Å². The van der Waals surface area contributed by atoms with Crippen LogP contribution in [0.2, 0.25) is 0 Å². The van der Waals surface area contributed by atoms with Gasteiger partial charge in [0, 0.05) is 17.1 Å². The summed E-state index contributed by atoms with van der Waals surface area (Å²) in [5.41, 5.74) is 1.70. The first kappa shape index (κ1) is 18.1. The molecule has 134 valence electrons. The average molecular weight is 350 g/mol. The number of aromatic nitrogens is 1. The van der Waals surface area contributed by atoms with Gasteiger partial charge in [0.15, 0.2) is 0 Å². The molecule has 1 heterocycles. The van der Waals surface area contributed by atoms with Gasteiger partial charge in [0.05, 0.1) is 5.56 Å². The first-order valence-electron chi connectivity index (χ1n) is 8.85. The van der Waals surface area contributed by atoms with Crippen molar-refractivity contribution in [1.82, 2.24) is 10.3 Å². The number of pyridine rings is 1. The van der Waals surface area contributed by atoms with Crippen LogP contribution in [0.25, 0.3) is 10.9 Å². The summed E-state index contributed by atoms with van der Waals surface area (Å²) in [6.45, 7) is 4.04. The molecule has 26 heavy (non-hydrogen) atoms. The molecule has 4 heteroatoms. The number of carbonyl (C=O) groups is 1. The van der Waals surface area contributed by atoms with Crippen LogP contribution < -0.4 is 5.32 Å². The molecule has 0 aliphatic carbocycles. The Morgan fingerprint density at radius 1 is 1.12 bits per heavy atom. The topological polar surface area (TPSA) is 42.0 Å². The van der Waals surface area contributed by atoms with Crippen LogP contribution in [0.15, 0.2) is 60.8 Å². The van der Waals surface area contributed by atoms with Gasteiger partial charge in [-0.25, -0.2) is 4.39 Å². The molecule has 0 aliphatic rings. The number of rotatable bonds is 6. The normalized spacial score (nSPS) is 11.5. The minimum absolute atomic E-state index is 0.187. The summed E-state index contributed by atoms with van der Waals surface area (Å²) in [4.78, 5) is 16.7. The third kappa shape index (κ3) is 4.45. The second-order valence-corrected chi connectivity index (χ2v) is 7.21. The van der Waals surface area contributed by atoms with E-state index in [0.717, 1.165) is 19.3 Å². The van der Waals surface area contributed by atoms with E-state index in [9.17, 15) is 9.18 Å². The lowest BCUT2D eigenvalue weighted by Crippen LogP contribution is -2.43. The first-order valence-corrected chi connectivity index (χ1v) is 8.85. The summed E-state index contributed by atoms with van der Waals surface area (Å²) in [6, 6.07) is 16.7. The lowest BCUT2D eigenvalue weighted by atomic mass is 9.95. The van der Waals surface area contributed by atoms with Crippen LogP contribution in [0.4, 0.5) is 4.39 Å². The van der Waals surface area contributed by atoms with Crippen molar-refractivity contribution in [2.75, 3.05) is 0 Å². The molecule has 2 aromatic carbocycles. The number of amides is 1. The number of fused-ring (bicyclic) bond motifs is 1. The summed E-state index contributed by atoms with van der Waals surface area (Å²) in [6.07, 6.45) is 4.26. The number of nitrogens with one attached hydrogen (secondary N) is 1. The van der Waals surface area contributed by atoms with E-state index in [2.05, 4.69) is 22.4 Å². The highest BCUT2D eigenvalue weighted by molar-refractivity contribution is 5.97. The third-order valence-electron chi connectivity index (χ3n) is 4.49. The van der Waals surface area contributed by atoms with Gasteiger partial charge in [-0.15, -0.1) is 0 Å². The second kappa shape index (κ2) is 7.65. The monoisotopic (exact) mass is 350 g/mol. The van der Waals surface area contributed by atoms with Gasteiger partial charge in [-0.3, -0.25) is 9.78 Å². The fourth-order valence-electron chi connectivity index (χ4n) is 3.07. The largest absolute Gasteiger partial charge is 0.347 e. The van der Waals surface area contributed by atoms with Crippen LogP contribution >= 0.6 is 0 Å². The highest BCUT2D eigenvalue weighted by Gasteiger charge is 2.21. The maximum atomic E-state index is 13.7. The number of para-hydroxylation sites is 1. The summed E-state index contributed by atoms with van der Waals surface area (Å²) < 4.78 is 13.7. The predicted molar refractivity (Wildman–Crippen MR) is 103 cm³/mol. The van der Waals surface area contributed by atoms with Gasteiger partial charge in [-0.05, 0) is 50.8 Å². The molecule has 0 bridgehead atoms. The van der Waals surface area contributed by atoms with Crippen molar-refractivity contribution in [3.8, 4) is 0 Å². The number of hydrogen-bond donors (Lipinski definition) is 1. The lowest BCUT2D eigenvalue weighted by molar-refractivity contribution is 0.0908. The molecule has 0 unspecified atom stereocenters. The van der Waals surface area contributed by atoms with Crippen molar-refractivity contribution in [1.29, 1.82) is 0 Å². The standard InChI is InChI=1S/C22H23FN2O/c1-22(2,13-7-10-16-8-4-3-5-9-16)25-21(26)18-14-17-11-6-12-19(23)20(17)24-15-18/h3-6,8-9,11-12,14-15H,7,10,13H2,1-2H3,(H,25,26). The minimum atomic E-state index is -0.379. The number of benzene rings is 2. The molecule has 0 atom stereocenters. The Balaban J connectivity index is 1.62. The average Bonchev–Trinajstić information content (AvgIpc) is 2.62. The van der Waals surface area contributed by atoms with E-state index in [1.54, 1.807) is 18.2 Å². The summed E-state index contributed by atoms with van der Waals surface area (Å²) >= 11 is 0. The van der Waals surface area contributed by atoms with E-state index in [1.165, 1.54) is 17.8 Å². The van der Waals surface area contributed by atoms with Gasteiger partial charge >= 0.3 is 0 Å². The summed E-state index contributed by atoms with van der Waals surface area (Å²) in [5.74, 6) is -0.566. The summed E-state index contributed by atoms with van der Waals surface area (Å²) in [7, 11) is 0. The molecular weight excluding hydrogens is 327 g/mol. The van der Waals surface area contributed by atoms with Gasteiger partial charge in [0.1, 0.15) is 11.3 Å². The molecule has 0 aliphatic heterocycles. The molecule has 0 saturated carbocycles. The van der Waals surface area contributed by atoms with E-state index in [1.807, 2.05) is 32.0 Å². The number of aryl methyl sites for hydroxylation is 1. The molecule has 0 radical (unpaired) electrons. The molecule has 0 saturated heterocycles. The Morgan fingerprint density at radius 3 is 2.65 bits per heavy atom. The Kier molecular flexibility index (Phi) is 5.31. The lowest BCUT2D eigenvalue weighted by Gasteiger charge is -2.26. The van der Waals surface area contributed by atoms with Gasteiger partial charge in [0.25, 0.3) is 5.91 Å². The van der Waals surface area contributed by atoms with Crippen LogP contribution in [-0.2, 0) is 6.42 Å². The number of nitrogens with zero attached hydrogens (tertiary/aromatic N) is 1. The van der Waals surface area contributed by atoms with Crippen LogP contribution in [0.3, 0.4) is 0 Å². The molecule has 3 nitrogen and oxygen atoms in total. The van der Waals surface area contributed by atoms with Crippen molar-refractivity contribution in [3.05, 3.63) is 77.7 Å². The zero-order valence-electron chi connectivity index (χ0n) is 15.1. The fraction of sp³-hybridized carbons (Fsp3) is 0.273. The number of halogens is 1. The minimum Gasteiger partial charge on any atom is -0.347 e. The van der Waals surface area contributed by atoms with Crippen LogP contribution in [-0.4, -0.2) is 16.4 Å². The van der Waals surface area contributed by atoms with Crippen molar-refractivity contribution in [2.45, 2.75) is 38.6 Å². The smallest absolute Gasteiger partial charge is 0.253 e. The van der Waals surface area contributed by atoms with Gasteiger partial charge < -0.3 is 5.32 Å². The van der Waals surface area contributed by atoms with Crippen LogP contribution in [0.1, 0.15) is 42.6 Å². The molecule has 0 spiro atoms. The van der Waals surface area contributed by atoms with Crippen molar-refractivity contribution in [2.24, 2.45) is 0 Å². The molecule has 1 amide bonds. The quantitative estimate of drug-likeness (QED) is 0.687. The molecule has 1 N–H and O–H groups in total. The van der Waals surface area contributed by atoms with Gasteiger partial charge in [-0.1, -0.05) is 42.5 Å². The van der Waals surface area contributed by atoms with Gasteiger partial charge in [0.2, 0.25) is 0 Å². The predicted octanol–water partition coefficient (Wildman–Crippen LogP) is 4.91. The first-order chi connectivity index (χ1) is 12.4. The van der Waals surface area contributed by atoms with E-state index >= 15 is 0 Å². The van der Waals surface area contributed by atoms with E-state index in [-0.39, 0.29) is 22.8 Å². The Morgan fingerprint density at radius 2 is 1.88 bits per heavy atom. The molecular formula is C22H23FN2O. The third-order valence-corrected chi connectivity index (χ3v) is 4.49. The Bertz CT molecular complexity index is 906. The number of hydrogen-bond acceptors (Lipinski definition) is 2. The molecule has 3 aromatic rings.